The van der Waals surface area contributed by atoms with Gasteiger partial charge in [-0.3, -0.25) is 0 Å². The van der Waals surface area contributed by atoms with Crippen molar-refractivity contribution in [2.45, 2.75) is 84.0 Å². The fraction of sp³-hybridized carbons (Fsp3) is 0.650. The Morgan fingerprint density at radius 2 is 1.35 bits per heavy atom. The van der Waals surface area contributed by atoms with Gasteiger partial charge in [0, 0.05) is 0 Å². The Bertz CT molecular complexity index is 392. The third-order valence-corrected chi connectivity index (χ3v) is 9.17. The first-order chi connectivity index (χ1) is 11.3. The van der Waals surface area contributed by atoms with Crippen LogP contribution in [0.25, 0.3) is 0 Å². The van der Waals surface area contributed by atoms with Crippen LogP contribution in [0.5, 0.6) is 0 Å². The Hall–Kier alpha value is -0.375. The van der Waals surface area contributed by atoms with E-state index in [1.807, 2.05) is 18.2 Å². The van der Waals surface area contributed by atoms with Crippen molar-refractivity contribution in [3.63, 3.8) is 0 Å². The van der Waals surface area contributed by atoms with Crippen molar-refractivity contribution < 1.29 is 32.5 Å². The van der Waals surface area contributed by atoms with E-state index in [0.717, 1.165) is 6.42 Å². The zero-order valence-corrected chi connectivity index (χ0v) is 20.4. The van der Waals surface area contributed by atoms with Crippen LogP contribution in [0.2, 0.25) is 0 Å². The van der Waals surface area contributed by atoms with Crippen LogP contribution in [-0.2, 0) is 32.5 Å². The molecule has 0 amide bonds. The van der Waals surface area contributed by atoms with E-state index < -0.39 is 25.0 Å². The third kappa shape index (κ3) is 12.7. The predicted octanol–water partition coefficient (Wildman–Crippen LogP) is 5.55. The molecule has 1 rings (SSSR count). The van der Waals surface area contributed by atoms with Gasteiger partial charge in [0.05, 0.1) is 0 Å². The summed E-state index contributed by atoms with van der Waals surface area (Å²) in [6.45, 7) is 2.26. The van der Waals surface area contributed by atoms with Gasteiger partial charge in [0.1, 0.15) is 0 Å². The molecule has 1 aromatic carbocycles. The first-order valence-corrected chi connectivity index (χ1v) is 14.5. The number of benzene rings is 1. The van der Waals surface area contributed by atoms with Crippen LogP contribution in [0.4, 0.5) is 0 Å². The van der Waals surface area contributed by atoms with Gasteiger partial charge in [0.2, 0.25) is 0 Å². The van der Waals surface area contributed by atoms with Crippen molar-refractivity contribution in [1.29, 1.82) is 0 Å². The molecule has 0 fully saturated rings. The molecule has 0 saturated carbocycles. The van der Waals surface area contributed by atoms with Crippen LogP contribution in [0.3, 0.4) is 0 Å². The van der Waals surface area contributed by atoms with Gasteiger partial charge >= 0.3 is 136 Å². The average molecular weight is 505 g/mol. The number of carbonyl (C=O) groups excluding carboxylic acids is 1. The van der Waals surface area contributed by atoms with E-state index in [-0.39, 0.29) is 5.97 Å². The van der Waals surface area contributed by atoms with E-state index in [0.29, 0.717) is 6.42 Å². The van der Waals surface area contributed by atoms with Gasteiger partial charge in [0.25, 0.3) is 0 Å². The Balaban J connectivity index is 1.84. The minimum atomic E-state index is -1.63. The molecule has 0 bridgehead atoms. The number of hydrogen-bond acceptors (Lipinski definition) is 2. The van der Waals surface area contributed by atoms with Crippen molar-refractivity contribution >= 4 is 9.04 Å². The van der Waals surface area contributed by atoms with Gasteiger partial charge in [-0.05, 0) is 0 Å². The van der Waals surface area contributed by atoms with E-state index in [1.54, 1.807) is 0 Å². The summed E-state index contributed by atoms with van der Waals surface area (Å²) >= 11 is -1.63. The summed E-state index contributed by atoms with van der Waals surface area (Å²) in [7, 11) is 0. The predicted molar refractivity (Wildman–Crippen MR) is 93.2 cm³/mol. The molecule has 1 aromatic rings. The first kappa shape index (κ1) is 20.7. The standard InChI is InChI=1S/C14H28O2.C6H5.Hg/c1-2-3-4-5-6-7-8-9-10-11-12-13-14(15)16;1-2-4-6-5-3-1;/h2-13H2,1H3,(H,15,16);1-5H;/q;;+1/p-1. The third-order valence-electron chi connectivity index (χ3n) is 4.23. The Morgan fingerprint density at radius 3 is 1.91 bits per heavy atom. The topological polar surface area (TPSA) is 26.3 Å². The fourth-order valence-electron chi connectivity index (χ4n) is 2.74. The number of unbranched alkanes of at least 4 members (excludes halogenated alkanes) is 10. The van der Waals surface area contributed by atoms with Crippen molar-refractivity contribution in [1.82, 2.24) is 0 Å². The second kappa shape index (κ2) is 15.2. The van der Waals surface area contributed by atoms with Gasteiger partial charge in [-0.25, -0.2) is 0 Å². The van der Waals surface area contributed by atoms with Gasteiger partial charge in [-0.1, -0.05) is 19.8 Å². The van der Waals surface area contributed by atoms with Crippen LogP contribution in [0, 0.1) is 0 Å². The molecule has 0 aliphatic heterocycles. The second-order valence-electron chi connectivity index (χ2n) is 6.43. The summed E-state index contributed by atoms with van der Waals surface area (Å²) < 4.78 is 6.78. The van der Waals surface area contributed by atoms with E-state index >= 15 is 0 Å². The quantitative estimate of drug-likeness (QED) is 0.245. The molecule has 0 radical (unpaired) electrons. The van der Waals surface area contributed by atoms with Gasteiger partial charge in [0.15, 0.2) is 0 Å². The second-order valence-corrected chi connectivity index (χ2v) is 11.9. The molecule has 0 aliphatic carbocycles. The van der Waals surface area contributed by atoms with E-state index in [2.05, 4.69) is 19.1 Å². The maximum atomic E-state index is 11.7. The molecule has 126 valence electrons. The molecule has 23 heavy (non-hydrogen) atoms. The summed E-state index contributed by atoms with van der Waals surface area (Å²) in [5.41, 5.74) is 0. The minimum absolute atomic E-state index is 0.0337. The molecule has 0 spiro atoms. The molecular formula is C20H32HgO2. The van der Waals surface area contributed by atoms with Crippen molar-refractivity contribution in [3.8, 4) is 0 Å². The molecule has 0 saturated heterocycles. The maximum absolute atomic E-state index is 11.7. The summed E-state index contributed by atoms with van der Waals surface area (Å²) in [6, 6.07) is 10.2. The molecule has 3 heteroatoms. The molecule has 0 aromatic heterocycles. The molecular weight excluding hydrogens is 473 g/mol. The average Bonchev–Trinajstić information content (AvgIpc) is 2.59. The van der Waals surface area contributed by atoms with E-state index in [1.165, 1.54) is 67.3 Å². The Labute approximate surface area is 155 Å². The normalized spacial score (nSPS) is 10.3. The summed E-state index contributed by atoms with van der Waals surface area (Å²) in [5.74, 6) is 0.0337. The molecule has 0 atom stereocenters. The fourth-order valence-corrected chi connectivity index (χ4v) is 6.38. The molecule has 0 aliphatic rings. The van der Waals surface area contributed by atoms with Crippen LogP contribution < -0.4 is 3.07 Å². The monoisotopic (exact) mass is 506 g/mol. The molecule has 0 heterocycles. The SMILES string of the molecule is CCCCCCCCCCCCCC(=O)[O][Hg][c]1ccccc1. The van der Waals surface area contributed by atoms with Gasteiger partial charge < -0.3 is 0 Å². The van der Waals surface area contributed by atoms with Crippen molar-refractivity contribution in [2.75, 3.05) is 0 Å². The van der Waals surface area contributed by atoms with Crippen molar-refractivity contribution in [3.05, 3.63) is 30.3 Å². The van der Waals surface area contributed by atoms with E-state index in [4.69, 9.17) is 2.64 Å². The zero-order valence-electron chi connectivity index (χ0n) is 14.9. The van der Waals surface area contributed by atoms with Gasteiger partial charge in [-0.2, -0.15) is 0 Å². The van der Waals surface area contributed by atoms with E-state index in [9.17, 15) is 4.79 Å². The van der Waals surface area contributed by atoms with Crippen LogP contribution in [0.1, 0.15) is 84.0 Å². The van der Waals surface area contributed by atoms with Crippen LogP contribution in [-0.4, -0.2) is 5.97 Å². The molecule has 2 nitrogen and oxygen atoms in total. The zero-order chi connectivity index (χ0) is 16.6. The van der Waals surface area contributed by atoms with Crippen molar-refractivity contribution in [2.24, 2.45) is 0 Å². The Kier molecular flexibility index (Phi) is 13.6. The molecule has 0 unspecified atom stereocenters. The molecule has 0 N–H and O–H groups in total. The van der Waals surface area contributed by atoms with Crippen LogP contribution in [0.15, 0.2) is 30.3 Å². The van der Waals surface area contributed by atoms with Gasteiger partial charge in [-0.15, -0.1) is 0 Å². The Morgan fingerprint density at radius 1 is 0.826 bits per heavy atom. The first-order valence-electron chi connectivity index (χ1n) is 9.52. The summed E-state index contributed by atoms with van der Waals surface area (Å²) in [5, 5.41) is 0. The van der Waals surface area contributed by atoms with Crippen LogP contribution >= 0.6 is 0 Å². The number of carbonyl (C=O) groups is 1. The summed E-state index contributed by atoms with van der Waals surface area (Å²) in [4.78, 5) is 11.7. The summed E-state index contributed by atoms with van der Waals surface area (Å²) in [6.07, 6.45) is 15.1. The number of rotatable bonds is 14. The number of hydrogen-bond donors (Lipinski definition) is 0.